The average molecular weight is 1330 g/mol. The molecule has 6 aromatic carbocycles. The van der Waals surface area contributed by atoms with Gasteiger partial charge in [0.15, 0.2) is 11.6 Å². The van der Waals surface area contributed by atoms with Gasteiger partial charge < -0.3 is 20.7 Å². The standard InChI is InChI=1S/C26H23N11O.C18H13ClN10.C10H5Cl2N5.C3HCl2N3/c1-38-20-11-9-17(10-12-20)15-27-25-31-21-7-2-3-8-22(21)37(25)26-29-16-28-24(32-26)30-19-6-4-5-18(13-19)14-23-33-35-36-34-23;19-16-23-13-6-1-2-7-14(13)29(16)18-21-10-20-17(24-18)22-12-5-3-4-11(8-12)9-15-25-27-28-26-15;11-8-13-5-14-10(16-8)17-7-4-2-1-3-6(7)15-9(17)12;4-2-6-1-7-3(5)8-2/h2-13,16H,14-15H2,1H3,(H,27,31)(H,28,29,30,32)(H,33,34,35,36);1-8,10H,9H2,(H,20,21,22,24)(H,25,26,27,28);1-5H;1H. The molecule has 0 aliphatic rings. The van der Waals surface area contributed by atoms with Crippen LogP contribution in [0.2, 0.25) is 26.4 Å². The van der Waals surface area contributed by atoms with Crippen molar-refractivity contribution in [3.8, 4) is 23.6 Å². The van der Waals surface area contributed by atoms with Gasteiger partial charge in [-0.25, -0.2) is 59.4 Å². The lowest BCUT2D eigenvalue weighted by Crippen LogP contribution is -2.10. The van der Waals surface area contributed by atoms with E-state index in [0.717, 1.165) is 66.9 Å². The smallest absolute Gasteiger partial charge is 0.241 e. The molecular formula is C57H42Cl5N29O. The Morgan fingerprint density at radius 3 is 1.34 bits per heavy atom. The lowest BCUT2D eigenvalue weighted by Gasteiger charge is -2.11. The van der Waals surface area contributed by atoms with Gasteiger partial charge in [-0.3, -0.25) is 9.13 Å². The van der Waals surface area contributed by atoms with Crippen LogP contribution in [0.1, 0.15) is 28.3 Å². The van der Waals surface area contributed by atoms with Crippen LogP contribution in [0, 0.1) is 0 Å². The molecule has 9 aromatic heterocycles. The van der Waals surface area contributed by atoms with E-state index >= 15 is 0 Å². The van der Waals surface area contributed by atoms with Crippen molar-refractivity contribution in [2.24, 2.45) is 0 Å². The second-order valence-electron chi connectivity index (χ2n) is 18.8. The summed E-state index contributed by atoms with van der Waals surface area (Å²) in [7, 11) is 1.65. The Bertz CT molecular complexity index is 4920. The molecule has 0 saturated heterocycles. The van der Waals surface area contributed by atoms with E-state index in [2.05, 4.69) is 122 Å². The molecule has 0 radical (unpaired) electrons. The number of hydrogen-bond donors (Lipinski definition) is 5. The second kappa shape index (κ2) is 28.8. The van der Waals surface area contributed by atoms with Gasteiger partial charge in [-0.2, -0.15) is 30.4 Å². The molecule has 15 rings (SSSR count). The van der Waals surface area contributed by atoms with Crippen molar-refractivity contribution in [3.63, 3.8) is 0 Å². The van der Waals surface area contributed by atoms with Gasteiger partial charge in [0.05, 0.1) is 40.2 Å². The molecule has 35 heteroatoms. The van der Waals surface area contributed by atoms with Crippen LogP contribution < -0.4 is 20.7 Å². The Labute approximate surface area is 543 Å². The maximum Gasteiger partial charge on any atom is 0.241 e. The number of aromatic amines is 2. The third-order valence-electron chi connectivity index (χ3n) is 12.8. The van der Waals surface area contributed by atoms with E-state index in [1.165, 1.54) is 25.3 Å². The zero-order valence-electron chi connectivity index (χ0n) is 47.3. The van der Waals surface area contributed by atoms with E-state index < -0.39 is 0 Å². The van der Waals surface area contributed by atoms with Crippen molar-refractivity contribution >= 4 is 120 Å². The van der Waals surface area contributed by atoms with Gasteiger partial charge in [0.1, 0.15) is 31.1 Å². The number of anilines is 5. The van der Waals surface area contributed by atoms with Crippen molar-refractivity contribution < 1.29 is 4.74 Å². The molecule has 0 amide bonds. The third kappa shape index (κ3) is 15.2. The van der Waals surface area contributed by atoms with E-state index in [4.69, 9.17) is 72.7 Å². The highest BCUT2D eigenvalue weighted by Gasteiger charge is 2.18. The van der Waals surface area contributed by atoms with Gasteiger partial charge in [-0.05, 0) is 147 Å². The van der Waals surface area contributed by atoms with Crippen LogP contribution in [-0.2, 0) is 19.4 Å². The number of benzene rings is 6. The van der Waals surface area contributed by atoms with Gasteiger partial charge >= 0.3 is 0 Å². The molecule has 15 aromatic rings. The fraction of sp³-hybridized carbons (Fsp3) is 0.0702. The van der Waals surface area contributed by atoms with Crippen LogP contribution in [0.5, 0.6) is 5.75 Å². The minimum atomic E-state index is 0.115. The quantitative estimate of drug-likeness (QED) is 0.0637. The minimum absolute atomic E-state index is 0.115. The van der Waals surface area contributed by atoms with Crippen molar-refractivity contribution in [1.29, 1.82) is 0 Å². The predicted molar refractivity (Wildman–Crippen MR) is 342 cm³/mol. The molecule has 0 spiro atoms. The fourth-order valence-corrected chi connectivity index (χ4v) is 9.77. The molecule has 5 N–H and O–H groups in total. The van der Waals surface area contributed by atoms with Crippen molar-refractivity contribution in [2.75, 3.05) is 23.1 Å². The maximum absolute atomic E-state index is 6.31. The zero-order valence-corrected chi connectivity index (χ0v) is 51.1. The number of nitrogens with one attached hydrogen (secondary N) is 5. The van der Waals surface area contributed by atoms with Crippen LogP contribution in [0.25, 0.3) is 50.9 Å². The van der Waals surface area contributed by atoms with Gasteiger partial charge in [0, 0.05) is 30.8 Å². The molecule has 9 heterocycles. The first kappa shape index (κ1) is 60.8. The first-order valence-corrected chi connectivity index (χ1v) is 29.0. The van der Waals surface area contributed by atoms with Crippen LogP contribution in [0.3, 0.4) is 0 Å². The number of ether oxygens (including phenoxy) is 1. The largest absolute Gasteiger partial charge is 0.497 e. The molecule has 0 atom stereocenters. The molecule has 0 aliphatic heterocycles. The lowest BCUT2D eigenvalue weighted by atomic mass is 10.1. The number of methoxy groups -OCH3 is 1. The molecule has 0 saturated carbocycles. The summed E-state index contributed by atoms with van der Waals surface area (Å²) in [6.07, 6.45) is 6.60. The lowest BCUT2D eigenvalue weighted by molar-refractivity contribution is 0.414. The van der Waals surface area contributed by atoms with Gasteiger partial charge in [-0.15, -0.1) is 20.4 Å². The Kier molecular flexibility index (Phi) is 19.0. The van der Waals surface area contributed by atoms with Crippen molar-refractivity contribution in [1.82, 2.24) is 130 Å². The van der Waals surface area contributed by atoms with E-state index in [-0.39, 0.29) is 26.4 Å². The number of rotatable bonds is 15. The maximum atomic E-state index is 6.31. The number of tetrazole rings is 2. The van der Waals surface area contributed by atoms with Crippen LogP contribution in [0.4, 0.5) is 29.2 Å². The molecule has 456 valence electrons. The van der Waals surface area contributed by atoms with E-state index in [1.54, 1.807) is 16.2 Å². The topological polar surface area (TPSA) is 362 Å². The monoisotopic (exact) mass is 1320 g/mol. The van der Waals surface area contributed by atoms with E-state index in [0.29, 0.717) is 66.7 Å². The van der Waals surface area contributed by atoms with Crippen molar-refractivity contribution in [2.45, 2.75) is 19.4 Å². The molecular weight excluding hydrogens is 1280 g/mol. The highest BCUT2D eigenvalue weighted by atomic mass is 35.5. The summed E-state index contributed by atoms with van der Waals surface area (Å²) in [6.45, 7) is 0.566. The Balaban J connectivity index is 0.000000132. The average Bonchev–Trinajstić information content (AvgIpc) is 2.62. The molecule has 0 bridgehead atoms. The highest BCUT2D eigenvalue weighted by molar-refractivity contribution is 6.31. The van der Waals surface area contributed by atoms with Gasteiger partial charge in [0.2, 0.25) is 62.1 Å². The Morgan fingerprint density at radius 2 is 0.870 bits per heavy atom. The number of fused-ring (bicyclic) bond motifs is 3. The SMILES string of the molecule is COc1ccc(CNc2nc3ccccc3n2-c2ncnc(Nc3cccc(Cc4nn[nH]n4)c3)n2)cc1.Clc1nc2ccccc2n1-c1ncnc(Nc2cccc(Cc3nn[nH]n3)c2)n1.Clc1ncnc(-n2c(Cl)nc3ccccc32)n1.Clc1ncnc(Cl)n1. The molecule has 92 heavy (non-hydrogen) atoms. The molecule has 0 aliphatic carbocycles. The van der Waals surface area contributed by atoms with Crippen LogP contribution in [-0.4, -0.2) is 137 Å². The molecule has 30 nitrogen and oxygen atoms in total. The second-order valence-corrected chi connectivity index (χ2v) is 20.5. The number of imidazole rings is 3. The van der Waals surface area contributed by atoms with Crippen molar-refractivity contribution in [3.05, 3.63) is 226 Å². The number of halogens is 5. The summed E-state index contributed by atoms with van der Waals surface area (Å²) in [5.74, 6) is 4.64. The summed E-state index contributed by atoms with van der Waals surface area (Å²) >= 11 is 28.7. The first-order chi connectivity index (χ1) is 45.0. The summed E-state index contributed by atoms with van der Waals surface area (Å²) in [4.78, 5) is 62.0. The Morgan fingerprint density at radius 1 is 0.424 bits per heavy atom. The van der Waals surface area contributed by atoms with Gasteiger partial charge in [0.25, 0.3) is 0 Å². The van der Waals surface area contributed by atoms with Crippen LogP contribution >= 0.6 is 58.0 Å². The number of para-hydroxylation sites is 6. The fourth-order valence-electron chi connectivity index (χ4n) is 8.85. The number of aromatic nitrogens is 26. The summed E-state index contributed by atoms with van der Waals surface area (Å²) in [6, 6.07) is 46.6. The normalized spacial score (nSPS) is 10.8. The zero-order chi connectivity index (χ0) is 63.2. The highest BCUT2D eigenvalue weighted by Crippen LogP contribution is 2.28. The van der Waals surface area contributed by atoms with Gasteiger partial charge in [-0.1, -0.05) is 83.2 Å². The van der Waals surface area contributed by atoms with E-state index in [9.17, 15) is 0 Å². The minimum Gasteiger partial charge on any atom is -0.497 e. The molecule has 0 unspecified atom stereocenters. The number of nitrogens with zero attached hydrogens (tertiary/aromatic N) is 24. The number of hydrogen-bond acceptors (Lipinski definition) is 25. The predicted octanol–water partition coefficient (Wildman–Crippen LogP) is 10.1. The summed E-state index contributed by atoms with van der Waals surface area (Å²) in [5.41, 5.74) is 9.67. The third-order valence-corrected chi connectivity index (χ3v) is 13.9. The Hall–Kier alpha value is -11.4. The first-order valence-electron chi connectivity index (χ1n) is 27.1. The van der Waals surface area contributed by atoms with E-state index in [1.807, 2.05) is 150 Å². The summed E-state index contributed by atoms with van der Waals surface area (Å²) in [5, 5.41) is 38.9. The number of H-pyrrole nitrogens is 2. The molecule has 0 fully saturated rings. The summed E-state index contributed by atoms with van der Waals surface area (Å²) < 4.78 is 10.4. The van der Waals surface area contributed by atoms with Crippen LogP contribution in [0.15, 0.2) is 171 Å².